The molecule has 0 saturated carbocycles. The van der Waals surface area contributed by atoms with Crippen LogP contribution in [-0.2, 0) is 33.4 Å². The van der Waals surface area contributed by atoms with Crippen LogP contribution in [0.1, 0.15) is 0 Å². The molecule has 0 aliphatic heterocycles. The van der Waals surface area contributed by atoms with Crippen LogP contribution in [0.4, 0.5) is 22.7 Å². The molecule has 0 aliphatic rings. The molecule has 0 aliphatic carbocycles. The second-order valence-electron chi connectivity index (χ2n) is 6.34. The van der Waals surface area contributed by atoms with Crippen molar-refractivity contribution in [2.24, 2.45) is 10.2 Å². The average molecular weight is 547 g/mol. The molecule has 0 radical (unpaired) electrons. The van der Waals surface area contributed by atoms with E-state index >= 15 is 0 Å². The number of rotatable bonds is 12. The summed E-state index contributed by atoms with van der Waals surface area (Å²) in [6, 6.07) is 8.56. The number of nitrogen functional groups attached to an aromatic ring is 1. The number of aliphatic hydroxyl groups is 2. The number of nitrogens with zero attached hydrogens (tertiary/aromatic N) is 3. The van der Waals surface area contributed by atoms with Crippen LogP contribution in [0.3, 0.4) is 0 Å². The molecule has 2 rings (SSSR count). The number of anilines is 2. The first-order valence-electron chi connectivity index (χ1n) is 9.20. The van der Waals surface area contributed by atoms with Gasteiger partial charge in [-0.1, -0.05) is 11.6 Å². The molecule has 12 nitrogen and oxygen atoms in total. The van der Waals surface area contributed by atoms with Gasteiger partial charge in [0.25, 0.3) is 0 Å². The van der Waals surface area contributed by atoms with E-state index in [1.165, 1.54) is 30.3 Å². The average Bonchev–Trinajstić information content (AvgIpc) is 2.74. The molecular weight excluding hydrogens is 523 g/mol. The maximum Gasteiger partial charge on any atom is 1.00 e. The van der Waals surface area contributed by atoms with Crippen molar-refractivity contribution in [1.82, 2.24) is 0 Å². The Morgan fingerprint density at radius 2 is 1.65 bits per heavy atom. The first-order chi connectivity index (χ1) is 15.2. The Labute approximate surface area is 226 Å². The van der Waals surface area contributed by atoms with E-state index in [2.05, 4.69) is 14.4 Å². The first-order valence-corrected chi connectivity index (χ1v) is 12.2. The number of hydrogen-bond donors (Lipinski definition) is 3. The van der Waals surface area contributed by atoms with Crippen LogP contribution in [0.2, 0.25) is 5.02 Å². The van der Waals surface area contributed by atoms with Gasteiger partial charge in [-0.3, -0.25) is 0 Å². The fourth-order valence-electron chi connectivity index (χ4n) is 2.65. The van der Waals surface area contributed by atoms with Crippen LogP contribution in [0.15, 0.2) is 51.5 Å². The predicted molar refractivity (Wildman–Crippen MR) is 123 cm³/mol. The van der Waals surface area contributed by atoms with Gasteiger partial charge in [-0.15, -0.1) is 5.11 Å². The zero-order valence-electron chi connectivity index (χ0n) is 18.3. The van der Waals surface area contributed by atoms with E-state index in [9.17, 15) is 27.0 Å². The van der Waals surface area contributed by atoms with Gasteiger partial charge >= 0.3 is 29.6 Å². The second kappa shape index (κ2) is 15.6. The van der Waals surface area contributed by atoms with Gasteiger partial charge < -0.3 is 38.9 Å². The van der Waals surface area contributed by atoms with E-state index in [0.717, 1.165) is 0 Å². The molecule has 0 bridgehead atoms. The van der Waals surface area contributed by atoms with E-state index < -0.39 is 33.2 Å². The van der Waals surface area contributed by atoms with E-state index in [1.54, 1.807) is 11.0 Å². The summed E-state index contributed by atoms with van der Waals surface area (Å²) in [6.07, 6.45) is 0. The third kappa shape index (κ3) is 9.73. The Morgan fingerprint density at radius 1 is 1.06 bits per heavy atom. The Bertz CT molecular complexity index is 1120. The van der Waals surface area contributed by atoms with E-state index in [4.69, 9.17) is 17.3 Å². The van der Waals surface area contributed by atoms with E-state index in [-0.39, 0.29) is 77.6 Å². The molecule has 34 heavy (non-hydrogen) atoms. The van der Waals surface area contributed by atoms with Crippen LogP contribution in [-0.4, -0.2) is 62.8 Å². The summed E-state index contributed by atoms with van der Waals surface area (Å²) in [5.74, 6) is -0.493. The van der Waals surface area contributed by atoms with Gasteiger partial charge in [-0.05, 0) is 36.4 Å². The Morgan fingerprint density at radius 3 is 2.18 bits per heavy atom. The van der Waals surface area contributed by atoms with Crippen LogP contribution in [0.25, 0.3) is 0 Å². The van der Waals surface area contributed by atoms with Crippen molar-refractivity contribution < 1.29 is 66.3 Å². The van der Waals surface area contributed by atoms with Crippen molar-refractivity contribution in [3.8, 4) is 0 Å². The number of aliphatic hydroxyl groups excluding tert-OH is 2. The standard InChI is InChI=1S/C18H22ClN4O7S2.Na.H2O/c19-15-11-17(16(20)12-18(15)23(5-7-24)6-8-25)22-21-13-1-3-14(4-2-13)32(28,29)10-9-30-31(26)27;;/h1-4,11-12,24-25H,5-10,20H2;;1H2/q-1;+1;. The third-order valence-corrected chi connectivity index (χ3v) is 6.53. The normalized spacial score (nSPS) is 11.3. The monoisotopic (exact) mass is 546 g/mol. The summed E-state index contributed by atoms with van der Waals surface area (Å²) >= 11 is 6.30. The smallest absolute Gasteiger partial charge is 0.423 e. The van der Waals surface area contributed by atoms with Crippen LogP contribution in [0.5, 0.6) is 0 Å². The fourth-order valence-corrected chi connectivity index (χ4v) is 4.34. The van der Waals surface area contributed by atoms with E-state index in [1.807, 2.05) is 0 Å². The minimum Gasteiger partial charge on any atom is -0.423 e. The molecule has 16 heteroatoms. The largest absolute Gasteiger partial charge is 1.00 e. The molecule has 2 aromatic rings. The molecule has 184 valence electrons. The third-order valence-electron chi connectivity index (χ3n) is 4.18. The summed E-state index contributed by atoms with van der Waals surface area (Å²) in [5.41, 5.74) is 7.47. The van der Waals surface area contributed by atoms with Gasteiger partial charge in [0.05, 0.1) is 56.9 Å². The van der Waals surface area contributed by atoms with Gasteiger partial charge in [0, 0.05) is 19.7 Å². The summed E-state index contributed by atoms with van der Waals surface area (Å²) < 4.78 is 49.2. The van der Waals surface area contributed by atoms with Gasteiger partial charge in [0.1, 0.15) is 5.69 Å². The molecule has 0 amide bonds. The number of sulfone groups is 1. The molecular formula is C18H24ClN4NaO8S2. The van der Waals surface area contributed by atoms with Gasteiger partial charge in [0.2, 0.25) is 0 Å². The van der Waals surface area contributed by atoms with Gasteiger partial charge in [0.15, 0.2) is 9.84 Å². The Kier molecular flexibility index (Phi) is 15.0. The molecule has 0 aromatic heterocycles. The minimum atomic E-state index is -3.72. The Hall–Kier alpha value is -1.33. The van der Waals surface area contributed by atoms with Crippen molar-refractivity contribution in [2.75, 3.05) is 49.3 Å². The van der Waals surface area contributed by atoms with Crippen molar-refractivity contribution in [1.29, 1.82) is 0 Å². The van der Waals surface area contributed by atoms with Crippen molar-refractivity contribution in [2.45, 2.75) is 4.90 Å². The van der Waals surface area contributed by atoms with Gasteiger partial charge in [-0.25, -0.2) is 8.42 Å². The topological polar surface area (TPSA) is 203 Å². The maximum atomic E-state index is 12.2. The van der Waals surface area contributed by atoms with E-state index in [0.29, 0.717) is 16.4 Å². The summed E-state index contributed by atoms with van der Waals surface area (Å²) in [5, 5.41) is 26.7. The number of nitrogens with two attached hydrogens (primary N) is 1. The molecule has 0 heterocycles. The Balaban J connectivity index is 0.00000544. The fraction of sp³-hybridized carbons (Fsp3) is 0.333. The number of benzene rings is 2. The quantitative estimate of drug-likeness (QED) is 0.120. The molecule has 2 aromatic carbocycles. The van der Waals surface area contributed by atoms with Crippen LogP contribution < -0.4 is 40.2 Å². The molecule has 0 atom stereocenters. The zero-order valence-corrected chi connectivity index (χ0v) is 22.6. The van der Waals surface area contributed by atoms with Crippen molar-refractivity contribution >= 4 is 55.2 Å². The minimum absolute atomic E-state index is 0. The number of hydrogen-bond acceptors (Lipinski definition) is 12. The summed E-state index contributed by atoms with van der Waals surface area (Å²) in [7, 11) is -6.50. The van der Waals surface area contributed by atoms with Gasteiger partial charge in [-0.2, -0.15) is 5.11 Å². The molecule has 0 fully saturated rings. The summed E-state index contributed by atoms with van der Waals surface area (Å²) in [4.78, 5) is 1.66. The maximum absolute atomic E-state index is 12.2. The zero-order chi connectivity index (χ0) is 23.7. The van der Waals surface area contributed by atoms with Crippen molar-refractivity contribution in [3.63, 3.8) is 0 Å². The van der Waals surface area contributed by atoms with Crippen molar-refractivity contribution in [3.05, 3.63) is 41.4 Å². The van der Waals surface area contributed by atoms with Crippen LogP contribution in [0, 0.1) is 0 Å². The SMILES string of the molecule is Nc1cc(N(CCO)CCO)c(Cl)cc1N=Nc1ccc(S(=O)(=O)CCO[S-](=O)=O)cc1.O.[Na+]. The molecule has 0 unspecified atom stereocenters. The first kappa shape index (κ1) is 32.7. The number of azo groups is 1. The molecule has 6 N–H and O–H groups in total. The molecule has 0 spiro atoms. The van der Waals surface area contributed by atoms with Crippen LogP contribution >= 0.6 is 11.6 Å². The second-order valence-corrected chi connectivity index (χ2v) is 9.50. The number of halogens is 1. The summed E-state index contributed by atoms with van der Waals surface area (Å²) in [6.45, 7) is -0.222. The predicted octanol–water partition coefficient (Wildman–Crippen LogP) is -1.68. The molecule has 0 saturated heterocycles.